The summed E-state index contributed by atoms with van der Waals surface area (Å²) in [4.78, 5) is 26.4. The summed E-state index contributed by atoms with van der Waals surface area (Å²) in [6.07, 6.45) is 0. The first kappa shape index (κ1) is 15.7. The summed E-state index contributed by atoms with van der Waals surface area (Å²) in [5, 5.41) is 9.94. The van der Waals surface area contributed by atoms with Crippen molar-refractivity contribution in [3.63, 3.8) is 0 Å². The van der Waals surface area contributed by atoms with Crippen molar-refractivity contribution in [2.75, 3.05) is 4.90 Å². The molecule has 2 aromatic rings. The van der Waals surface area contributed by atoms with Crippen LogP contribution in [0.25, 0.3) is 0 Å². The molecule has 2 heterocycles. The van der Waals surface area contributed by atoms with Crippen molar-refractivity contribution in [2.24, 2.45) is 10.3 Å². The molecule has 2 aliphatic rings. The highest BCUT2D eigenvalue weighted by Gasteiger charge is 2.54. The SMILES string of the molecule is O=C1[C@@H]2[C@@H](N=NN2Cc2ccccc2Cl)C(=O)N1c1ccc(F)cc1. The second-order valence-corrected chi connectivity index (χ2v) is 6.18. The first-order valence-electron chi connectivity index (χ1n) is 7.60. The van der Waals surface area contributed by atoms with Gasteiger partial charge in [0.25, 0.3) is 11.8 Å². The molecule has 2 aromatic carbocycles. The Kier molecular flexibility index (Phi) is 3.73. The lowest BCUT2D eigenvalue weighted by Gasteiger charge is -2.21. The highest BCUT2D eigenvalue weighted by atomic mass is 35.5. The van der Waals surface area contributed by atoms with Crippen molar-refractivity contribution in [1.29, 1.82) is 0 Å². The molecule has 4 rings (SSSR count). The molecular weight excluding hydrogens is 347 g/mol. The number of halogens is 2. The van der Waals surface area contributed by atoms with Gasteiger partial charge in [0.1, 0.15) is 5.82 Å². The third kappa shape index (κ3) is 2.56. The van der Waals surface area contributed by atoms with Crippen molar-refractivity contribution in [2.45, 2.75) is 18.6 Å². The van der Waals surface area contributed by atoms with E-state index in [2.05, 4.69) is 10.3 Å². The minimum atomic E-state index is -0.889. The standard InChI is InChI=1S/C17H12ClFN4O2/c18-13-4-2-1-3-10(13)9-22-15-14(20-21-22)16(24)23(17(15)25)12-7-5-11(19)6-8-12/h1-8,14-15H,9H2/t14-,15+/m1/s1. The summed E-state index contributed by atoms with van der Waals surface area (Å²) in [6.45, 7) is 0.265. The number of anilines is 1. The van der Waals surface area contributed by atoms with Crippen LogP contribution in [-0.4, -0.2) is 28.9 Å². The van der Waals surface area contributed by atoms with Gasteiger partial charge in [-0.05, 0) is 35.9 Å². The second-order valence-electron chi connectivity index (χ2n) is 5.77. The van der Waals surface area contributed by atoms with Crippen LogP contribution >= 0.6 is 11.6 Å². The molecule has 0 aromatic heterocycles. The molecule has 0 unspecified atom stereocenters. The molecule has 0 N–H and O–H groups in total. The molecule has 1 saturated heterocycles. The van der Waals surface area contributed by atoms with Crippen molar-refractivity contribution < 1.29 is 14.0 Å². The largest absolute Gasteiger partial charge is 0.271 e. The Balaban J connectivity index is 1.62. The van der Waals surface area contributed by atoms with E-state index in [-0.39, 0.29) is 6.54 Å². The maximum atomic E-state index is 13.1. The Labute approximate surface area is 147 Å². The first-order chi connectivity index (χ1) is 12.1. The molecule has 25 heavy (non-hydrogen) atoms. The van der Waals surface area contributed by atoms with Gasteiger partial charge in [-0.3, -0.25) is 14.6 Å². The monoisotopic (exact) mass is 358 g/mol. The third-order valence-electron chi connectivity index (χ3n) is 4.23. The molecule has 126 valence electrons. The third-order valence-corrected chi connectivity index (χ3v) is 4.60. The summed E-state index contributed by atoms with van der Waals surface area (Å²) in [5.74, 6) is -1.34. The van der Waals surface area contributed by atoms with E-state index in [0.29, 0.717) is 10.7 Å². The van der Waals surface area contributed by atoms with E-state index in [9.17, 15) is 14.0 Å². The van der Waals surface area contributed by atoms with Crippen LogP contribution in [0.15, 0.2) is 58.9 Å². The number of hydrogen-bond donors (Lipinski definition) is 0. The van der Waals surface area contributed by atoms with Crippen LogP contribution in [0.1, 0.15) is 5.56 Å². The molecule has 0 saturated carbocycles. The van der Waals surface area contributed by atoms with Crippen molar-refractivity contribution in [3.8, 4) is 0 Å². The van der Waals surface area contributed by atoms with E-state index < -0.39 is 29.7 Å². The molecule has 2 aliphatic heterocycles. The van der Waals surface area contributed by atoms with E-state index >= 15 is 0 Å². The molecule has 0 spiro atoms. The van der Waals surface area contributed by atoms with Crippen LogP contribution < -0.4 is 4.90 Å². The fourth-order valence-corrected chi connectivity index (χ4v) is 3.20. The quantitative estimate of drug-likeness (QED) is 0.792. The fourth-order valence-electron chi connectivity index (χ4n) is 3.00. The predicted molar refractivity (Wildman–Crippen MR) is 88.3 cm³/mol. The van der Waals surface area contributed by atoms with Gasteiger partial charge >= 0.3 is 0 Å². The van der Waals surface area contributed by atoms with E-state index in [1.807, 2.05) is 12.1 Å². The van der Waals surface area contributed by atoms with Crippen LogP contribution in [-0.2, 0) is 16.1 Å². The zero-order chi connectivity index (χ0) is 17.6. The number of hydrogen-bond acceptors (Lipinski definition) is 5. The number of rotatable bonds is 3. The van der Waals surface area contributed by atoms with E-state index in [0.717, 1.165) is 10.5 Å². The maximum absolute atomic E-state index is 13.1. The minimum Gasteiger partial charge on any atom is -0.271 e. The maximum Gasteiger partial charge on any atom is 0.263 e. The van der Waals surface area contributed by atoms with Gasteiger partial charge in [0.2, 0.25) is 0 Å². The number of amides is 2. The molecule has 1 fully saturated rings. The highest BCUT2D eigenvalue weighted by molar-refractivity contribution is 6.31. The number of benzene rings is 2. The van der Waals surface area contributed by atoms with Gasteiger partial charge in [0, 0.05) is 5.02 Å². The lowest BCUT2D eigenvalue weighted by Crippen LogP contribution is -2.39. The Hall–Kier alpha value is -2.80. The number of nitrogens with zero attached hydrogens (tertiary/aromatic N) is 4. The minimum absolute atomic E-state index is 0.265. The molecule has 0 radical (unpaired) electrons. The van der Waals surface area contributed by atoms with Gasteiger partial charge in [0.05, 0.1) is 12.2 Å². The van der Waals surface area contributed by atoms with Gasteiger partial charge < -0.3 is 0 Å². The van der Waals surface area contributed by atoms with E-state index in [4.69, 9.17) is 11.6 Å². The zero-order valence-electron chi connectivity index (χ0n) is 12.8. The van der Waals surface area contributed by atoms with Crippen LogP contribution in [0.3, 0.4) is 0 Å². The van der Waals surface area contributed by atoms with E-state index in [1.54, 1.807) is 12.1 Å². The van der Waals surface area contributed by atoms with Gasteiger partial charge in [-0.1, -0.05) is 35.0 Å². The molecule has 2 amide bonds. The molecule has 2 atom stereocenters. The molecule has 0 bridgehead atoms. The van der Waals surface area contributed by atoms with Crippen molar-refractivity contribution >= 4 is 29.1 Å². The Morgan fingerprint density at radius 3 is 2.48 bits per heavy atom. The summed E-state index contributed by atoms with van der Waals surface area (Å²) in [5.41, 5.74) is 1.10. The number of carbonyl (C=O) groups excluding carboxylic acids is 2. The second kappa shape index (κ2) is 5.93. The predicted octanol–water partition coefficient (Wildman–Crippen LogP) is 2.97. The highest BCUT2D eigenvalue weighted by Crippen LogP contribution is 2.33. The van der Waals surface area contributed by atoms with Crippen LogP contribution in [0.5, 0.6) is 0 Å². The van der Waals surface area contributed by atoms with E-state index in [1.165, 1.54) is 29.3 Å². The summed E-state index contributed by atoms with van der Waals surface area (Å²) in [6, 6.07) is 10.7. The first-order valence-corrected chi connectivity index (χ1v) is 7.98. The number of imide groups is 1. The lowest BCUT2D eigenvalue weighted by atomic mass is 10.1. The average Bonchev–Trinajstić information content (AvgIpc) is 3.12. The molecule has 8 heteroatoms. The topological polar surface area (TPSA) is 65.3 Å². The Morgan fingerprint density at radius 2 is 1.76 bits per heavy atom. The lowest BCUT2D eigenvalue weighted by molar-refractivity contribution is -0.123. The van der Waals surface area contributed by atoms with Crippen LogP contribution in [0, 0.1) is 5.82 Å². The summed E-state index contributed by atoms with van der Waals surface area (Å²) in [7, 11) is 0. The molecular formula is C17H12ClFN4O2. The fraction of sp³-hybridized carbons (Fsp3) is 0.176. The van der Waals surface area contributed by atoms with Gasteiger partial charge in [-0.2, -0.15) is 5.11 Å². The molecule has 6 nitrogen and oxygen atoms in total. The summed E-state index contributed by atoms with van der Waals surface area (Å²) >= 11 is 6.15. The normalized spacial score (nSPS) is 22.0. The zero-order valence-corrected chi connectivity index (χ0v) is 13.6. The Bertz CT molecular complexity index is 886. The van der Waals surface area contributed by atoms with Crippen LogP contribution in [0.2, 0.25) is 5.02 Å². The summed E-state index contributed by atoms with van der Waals surface area (Å²) < 4.78 is 13.1. The average molecular weight is 359 g/mol. The molecule has 0 aliphatic carbocycles. The van der Waals surface area contributed by atoms with Crippen LogP contribution in [0.4, 0.5) is 10.1 Å². The van der Waals surface area contributed by atoms with Crippen molar-refractivity contribution in [3.05, 3.63) is 64.9 Å². The Morgan fingerprint density at radius 1 is 1.04 bits per heavy atom. The number of fused-ring (bicyclic) bond motifs is 1. The number of carbonyl (C=O) groups is 2. The van der Waals surface area contributed by atoms with Crippen molar-refractivity contribution in [1.82, 2.24) is 5.01 Å². The van der Waals surface area contributed by atoms with Gasteiger partial charge in [-0.15, -0.1) is 0 Å². The smallest absolute Gasteiger partial charge is 0.263 e. The van der Waals surface area contributed by atoms with Gasteiger partial charge in [-0.25, -0.2) is 9.29 Å². The van der Waals surface area contributed by atoms with Gasteiger partial charge in [0.15, 0.2) is 12.1 Å².